The van der Waals surface area contributed by atoms with Crippen LogP contribution in [0.2, 0.25) is 0 Å². The van der Waals surface area contributed by atoms with Gasteiger partial charge >= 0.3 is 0 Å². The lowest BCUT2D eigenvalue weighted by molar-refractivity contribution is -0.119. The van der Waals surface area contributed by atoms with Crippen LogP contribution in [0, 0.1) is 34.9 Å². The molecule has 0 saturated heterocycles. The summed E-state index contributed by atoms with van der Waals surface area (Å²) in [6.07, 6.45) is 1.11. The monoisotopic (exact) mass is 646 g/mol. The minimum absolute atomic E-state index is 0.0590. The van der Waals surface area contributed by atoms with Crippen molar-refractivity contribution in [1.82, 2.24) is 0 Å². The van der Waals surface area contributed by atoms with Crippen molar-refractivity contribution in [2.45, 2.75) is 39.5 Å². The molecule has 0 N–H and O–H groups in total. The summed E-state index contributed by atoms with van der Waals surface area (Å²) in [7, 11) is 0. The highest BCUT2D eigenvalue weighted by Crippen LogP contribution is 2.34. The van der Waals surface area contributed by atoms with Crippen LogP contribution < -0.4 is 18.9 Å². The summed E-state index contributed by atoms with van der Waals surface area (Å²) in [5, 5.41) is 0. The molecule has 0 aromatic heterocycles. The highest BCUT2D eigenvalue weighted by molar-refractivity contribution is 5.78. The second-order valence-corrected chi connectivity index (χ2v) is 10.1. The minimum atomic E-state index is -1.22. The van der Waals surface area contributed by atoms with E-state index in [1.165, 1.54) is 48.5 Å². The zero-order valence-corrected chi connectivity index (χ0v) is 25.2. The van der Waals surface area contributed by atoms with Gasteiger partial charge in [-0.25, -0.2) is 17.6 Å². The fourth-order valence-corrected chi connectivity index (χ4v) is 4.67. The lowest BCUT2D eigenvalue weighted by Gasteiger charge is -2.12. The van der Waals surface area contributed by atoms with E-state index in [1.807, 2.05) is 0 Å². The standard InChI is InChI=1S/C35H32F6O5/c1-3-43-30-15-13-26(32(38)34(30)40)24-11-9-22(19-28(24)36)45-17-5-7-21(42)8-6-18-46-23-10-12-25(29(37)20-23)27-14-16-31(44-4-2)35(41)33(27)39/h9-16,19-20H,3-8,17-18H2,1-2H3. The Morgan fingerprint density at radius 1 is 0.522 bits per heavy atom. The largest absolute Gasteiger partial charge is 0.493 e. The Labute approximate surface area is 262 Å². The van der Waals surface area contributed by atoms with Gasteiger partial charge in [0.1, 0.15) is 28.9 Å². The van der Waals surface area contributed by atoms with Gasteiger partial charge in [-0.3, -0.25) is 4.79 Å². The molecule has 46 heavy (non-hydrogen) atoms. The first-order valence-corrected chi connectivity index (χ1v) is 14.7. The third kappa shape index (κ3) is 8.32. The van der Waals surface area contributed by atoms with Gasteiger partial charge in [-0.15, -0.1) is 0 Å². The van der Waals surface area contributed by atoms with Gasteiger partial charge in [-0.1, -0.05) is 0 Å². The van der Waals surface area contributed by atoms with Crippen LogP contribution in [0.4, 0.5) is 26.3 Å². The molecule has 0 fully saturated rings. The summed E-state index contributed by atoms with van der Waals surface area (Å²) in [6, 6.07) is 12.5. The van der Waals surface area contributed by atoms with Gasteiger partial charge in [0.15, 0.2) is 23.1 Å². The van der Waals surface area contributed by atoms with Crippen LogP contribution in [0.15, 0.2) is 60.7 Å². The normalized spacial score (nSPS) is 11.0. The molecule has 4 rings (SSSR count). The molecule has 0 aliphatic carbocycles. The van der Waals surface area contributed by atoms with Crippen LogP contribution in [0.1, 0.15) is 39.5 Å². The third-order valence-corrected chi connectivity index (χ3v) is 6.89. The number of ketones is 1. The quantitative estimate of drug-likeness (QED) is 0.0898. The van der Waals surface area contributed by atoms with Crippen molar-refractivity contribution in [2.75, 3.05) is 26.4 Å². The number of Topliss-reactive ketones (excluding diaryl/α,β-unsaturated/α-hetero) is 1. The zero-order valence-electron chi connectivity index (χ0n) is 25.2. The number of ether oxygens (including phenoxy) is 4. The van der Waals surface area contributed by atoms with Gasteiger partial charge in [0.2, 0.25) is 11.6 Å². The lowest BCUT2D eigenvalue weighted by Crippen LogP contribution is -2.06. The second kappa shape index (κ2) is 16.1. The molecule has 0 unspecified atom stereocenters. The van der Waals surface area contributed by atoms with Crippen molar-refractivity contribution in [3.8, 4) is 45.3 Å². The first kappa shape index (κ1) is 34.2. The van der Waals surface area contributed by atoms with E-state index in [0.29, 0.717) is 12.8 Å². The molecule has 0 radical (unpaired) electrons. The predicted molar refractivity (Wildman–Crippen MR) is 160 cm³/mol. The average molecular weight is 647 g/mol. The minimum Gasteiger partial charge on any atom is -0.493 e. The molecular formula is C35H32F6O5. The molecule has 5 nitrogen and oxygen atoms in total. The molecule has 0 aliphatic heterocycles. The number of hydrogen-bond acceptors (Lipinski definition) is 5. The van der Waals surface area contributed by atoms with Gasteiger partial charge in [-0.2, -0.15) is 8.78 Å². The molecule has 244 valence electrons. The van der Waals surface area contributed by atoms with E-state index < -0.39 is 34.9 Å². The lowest BCUT2D eigenvalue weighted by atomic mass is 10.0. The van der Waals surface area contributed by atoms with E-state index in [1.54, 1.807) is 13.8 Å². The summed E-state index contributed by atoms with van der Waals surface area (Å²) >= 11 is 0. The molecule has 11 heteroatoms. The van der Waals surface area contributed by atoms with E-state index in [4.69, 9.17) is 18.9 Å². The number of carbonyl (C=O) groups excluding carboxylic acids is 1. The van der Waals surface area contributed by atoms with Gasteiger partial charge in [0.05, 0.1) is 26.4 Å². The Morgan fingerprint density at radius 2 is 0.913 bits per heavy atom. The second-order valence-electron chi connectivity index (χ2n) is 10.1. The molecule has 0 saturated carbocycles. The first-order chi connectivity index (χ1) is 22.1. The van der Waals surface area contributed by atoms with Crippen molar-refractivity contribution >= 4 is 5.78 Å². The van der Waals surface area contributed by atoms with Crippen molar-refractivity contribution in [2.24, 2.45) is 0 Å². The molecule has 0 bridgehead atoms. The van der Waals surface area contributed by atoms with E-state index in [-0.39, 0.29) is 90.3 Å². The molecule has 0 atom stereocenters. The Kier molecular flexibility index (Phi) is 11.9. The van der Waals surface area contributed by atoms with Crippen molar-refractivity contribution in [3.05, 3.63) is 95.6 Å². The highest BCUT2D eigenvalue weighted by Gasteiger charge is 2.20. The van der Waals surface area contributed by atoms with Crippen LogP contribution in [-0.4, -0.2) is 32.2 Å². The van der Waals surface area contributed by atoms with Crippen LogP contribution in [0.25, 0.3) is 22.3 Å². The van der Waals surface area contributed by atoms with Gasteiger partial charge < -0.3 is 18.9 Å². The summed E-state index contributed by atoms with van der Waals surface area (Å²) in [5.41, 5.74) is -0.782. The number of rotatable bonds is 16. The summed E-state index contributed by atoms with van der Waals surface area (Å²) < 4.78 is 108. The van der Waals surface area contributed by atoms with Crippen LogP contribution in [-0.2, 0) is 4.79 Å². The SMILES string of the molecule is CCOc1ccc(-c2ccc(OCCCC(=O)CCCOc3ccc(-c4ccc(OCC)c(F)c4F)c(F)c3)cc2F)c(F)c1F. The zero-order chi connectivity index (χ0) is 33.2. The smallest absolute Gasteiger partial charge is 0.201 e. The summed E-state index contributed by atoms with van der Waals surface area (Å²) in [5.74, 6) is -6.68. The average Bonchev–Trinajstić information content (AvgIpc) is 3.03. The number of halogens is 6. The Morgan fingerprint density at radius 3 is 1.28 bits per heavy atom. The highest BCUT2D eigenvalue weighted by atomic mass is 19.2. The number of hydrogen-bond donors (Lipinski definition) is 0. The van der Waals surface area contributed by atoms with Crippen LogP contribution >= 0.6 is 0 Å². The molecular weight excluding hydrogens is 614 g/mol. The van der Waals surface area contributed by atoms with Crippen molar-refractivity contribution in [3.63, 3.8) is 0 Å². The molecule has 4 aromatic carbocycles. The maximum absolute atomic E-state index is 14.7. The fraction of sp³-hybridized carbons (Fsp3) is 0.286. The van der Waals surface area contributed by atoms with Gasteiger partial charge in [0.25, 0.3) is 0 Å². The van der Waals surface area contributed by atoms with Crippen molar-refractivity contribution in [1.29, 1.82) is 0 Å². The molecule has 4 aromatic rings. The predicted octanol–water partition coefficient (Wildman–Crippen LogP) is 9.24. The summed E-state index contributed by atoms with van der Waals surface area (Å²) in [6.45, 7) is 3.80. The van der Waals surface area contributed by atoms with E-state index >= 15 is 0 Å². The van der Waals surface area contributed by atoms with E-state index in [9.17, 15) is 31.1 Å². The maximum Gasteiger partial charge on any atom is 0.201 e. The summed E-state index contributed by atoms with van der Waals surface area (Å²) in [4.78, 5) is 12.2. The third-order valence-electron chi connectivity index (χ3n) is 6.89. The molecule has 0 heterocycles. The Hall–Kier alpha value is -4.67. The van der Waals surface area contributed by atoms with Crippen LogP contribution in [0.3, 0.4) is 0 Å². The number of carbonyl (C=O) groups is 1. The van der Waals surface area contributed by atoms with E-state index in [2.05, 4.69) is 0 Å². The van der Waals surface area contributed by atoms with Gasteiger partial charge in [0, 0.05) is 47.2 Å². The maximum atomic E-state index is 14.7. The Balaban J connectivity index is 1.19. The van der Waals surface area contributed by atoms with Crippen LogP contribution in [0.5, 0.6) is 23.0 Å². The fourth-order valence-electron chi connectivity index (χ4n) is 4.67. The number of benzene rings is 4. The molecule has 0 aliphatic rings. The van der Waals surface area contributed by atoms with Gasteiger partial charge in [-0.05, 0) is 75.2 Å². The molecule has 0 amide bonds. The first-order valence-electron chi connectivity index (χ1n) is 14.7. The van der Waals surface area contributed by atoms with Crippen molar-refractivity contribution < 1.29 is 50.1 Å². The Bertz CT molecular complexity index is 1560. The van der Waals surface area contributed by atoms with E-state index in [0.717, 1.165) is 12.1 Å². The topological polar surface area (TPSA) is 54.0 Å². The molecule has 0 spiro atoms.